The maximum absolute atomic E-state index is 12.0. The average molecular weight is 326 g/mol. The zero-order chi connectivity index (χ0) is 16.3. The zero-order valence-corrected chi connectivity index (χ0v) is 14.3. The minimum Gasteiger partial charge on any atom is -0.444 e. The van der Waals surface area contributed by atoms with E-state index in [2.05, 4.69) is 22.6 Å². The number of amides is 1. The summed E-state index contributed by atoms with van der Waals surface area (Å²) in [5, 5.41) is 6.87. The Hall–Kier alpha value is -1.30. The maximum atomic E-state index is 12.0. The van der Waals surface area contributed by atoms with Gasteiger partial charge in [0.2, 0.25) is 0 Å². The Kier molecular flexibility index (Phi) is 5.32. The molecule has 1 fully saturated rings. The second-order valence-electron chi connectivity index (χ2n) is 6.56. The molecule has 122 valence electrons. The third-order valence-corrected chi connectivity index (χ3v) is 3.75. The van der Waals surface area contributed by atoms with Crippen LogP contribution < -0.4 is 10.6 Å². The van der Waals surface area contributed by atoms with E-state index in [0.29, 0.717) is 5.02 Å². The summed E-state index contributed by atoms with van der Waals surface area (Å²) in [5.74, 6) is 0. The molecule has 0 spiro atoms. The van der Waals surface area contributed by atoms with Crippen LogP contribution in [0.5, 0.6) is 0 Å². The first kappa shape index (κ1) is 17.1. The summed E-state index contributed by atoms with van der Waals surface area (Å²) < 4.78 is 5.33. The smallest absolute Gasteiger partial charge is 0.412 e. The summed E-state index contributed by atoms with van der Waals surface area (Å²) in [4.78, 5) is 14.3. The lowest BCUT2D eigenvalue weighted by Crippen LogP contribution is -2.44. The summed E-state index contributed by atoms with van der Waals surface area (Å²) in [7, 11) is 2.07. The van der Waals surface area contributed by atoms with Crippen molar-refractivity contribution >= 4 is 23.4 Å². The molecule has 0 radical (unpaired) electrons. The normalized spacial score (nSPS) is 19.8. The minimum absolute atomic E-state index is 0.164. The van der Waals surface area contributed by atoms with Crippen LogP contribution in [0.15, 0.2) is 18.2 Å². The Bertz CT molecular complexity index is 543. The monoisotopic (exact) mass is 325 g/mol. The van der Waals surface area contributed by atoms with Gasteiger partial charge in [0.25, 0.3) is 0 Å². The van der Waals surface area contributed by atoms with Crippen molar-refractivity contribution in [3.8, 4) is 0 Å². The molecule has 1 aromatic carbocycles. The molecule has 1 aliphatic heterocycles. The molecule has 1 aliphatic rings. The SMILES string of the molecule is CN1CCNCC1c1cc(Cl)ccc1NC(=O)OC(C)(C)C. The summed E-state index contributed by atoms with van der Waals surface area (Å²) in [6.07, 6.45) is -0.456. The predicted octanol–water partition coefficient (Wildman–Crippen LogP) is 3.26. The van der Waals surface area contributed by atoms with Crippen molar-refractivity contribution in [3.63, 3.8) is 0 Å². The van der Waals surface area contributed by atoms with Crippen LogP contribution >= 0.6 is 11.6 Å². The highest BCUT2D eigenvalue weighted by molar-refractivity contribution is 6.30. The van der Waals surface area contributed by atoms with Crippen molar-refractivity contribution < 1.29 is 9.53 Å². The molecule has 5 nitrogen and oxygen atoms in total. The number of carbonyl (C=O) groups excluding carboxylic acids is 1. The van der Waals surface area contributed by atoms with Crippen molar-refractivity contribution in [1.82, 2.24) is 10.2 Å². The van der Waals surface area contributed by atoms with E-state index in [4.69, 9.17) is 16.3 Å². The number of rotatable bonds is 2. The first-order chi connectivity index (χ1) is 10.3. The fraction of sp³-hybridized carbons (Fsp3) is 0.562. The number of nitrogens with zero attached hydrogens (tertiary/aromatic N) is 1. The summed E-state index contributed by atoms with van der Waals surface area (Å²) in [5.41, 5.74) is 1.20. The lowest BCUT2D eigenvalue weighted by Gasteiger charge is -2.34. The van der Waals surface area contributed by atoms with E-state index in [9.17, 15) is 4.79 Å². The van der Waals surface area contributed by atoms with E-state index < -0.39 is 11.7 Å². The zero-order valence-electron chi connectivity index (χ0n) is 13.6. The molecule has 1 unspecified atom stereocenters. The minimum atomic E-state index is -0.528. The third kappa shape index (κ3) is 4.60. The number of nitrogens with one attached hydrogen (secondary N) is 2. The first-order valence-corrected chi connectivity index (χ1v) is 7.84. The molecule has 0 bridgehead atoms. The van der Waals surface area contributed by atoms with Crippen LogP contribution in [0.4, 0.5) is 10.5 Å². The largest absolute Gasteiger partial charge is 0.444 e. The summed E-state index contributed by atoms with van der Waals surface area (Å²) in [6, 6.07) is 5.66. The van der Waals surface area contributed by atoms with E-state index in [0.717, 1.165) is 30.9 Å². The maximum Gasteiger partial charge on any atom is 0.412 e. The van der Waals surface area contributed by atoms with Gasteiger partial charge in [-0.2, -0.15) is 0 Å². The molecule has 0 aromatic heterocycles. The number of hydrogen-bond acceptors (Lipinski definition) is 4. The van der Waals surface area contributed by atoms with Gasteiger partial charge in [0.1, 0.15) is 5.60 Å². The van der Waals surface area contributed by atoms with E-state index in [1.54, 1.807) is 6.07 Å². The fourth-order valence-electron chi connectivity index (χ4n) is 2.49. The Morgan fingerprint density at radius 1 is 1.45 bits per heavy atom. The van der Waals surface area contributed by atoms with Gasteiger partial charge in [0, 0.05) is 36.4 Å². The molecule has 2 N–H and O–H groups in total. The van der Waals surface area contributed by atoms with Crippen molar-refractivity contribution in [2.45, 2.75) is 32.4 Å². The third-order valence-electron chi connectivity index (χ3n) is 3.52. The van der Waals surface area contributed by atoms with Crippen LogP contribution in [0, 0.1) is 0 Å². The molecule has 1 saturated heterocycles. The number of benzene rings is 1. The van der Waals surface area contributed by atoms with Gasteiger partial charge >= 0.3 is 6.09 Å². The second-order valence-corrected chi connectivity index (χ2v) is 7.00. The number of halogens is 1. The van der Waals surface area contributed by atoms with Crippen molar-refractivity contribution in [2.75, 3.05) is 32.0 Å². The van der Waals surface area contributed by atoms with Gasteiger partial charge in [-0.05, 0) is 51.6 Å². The second kappa shape index (κ2) is 6.86. The molecule has 1 amide bonds. The molecule has 1 heterocycles. The van der Waals surface area contributed by atoms with Crippen LogP contribution in [0.2, 0.25) is 5.02 Å². The first-order valence-electron chi connectivity index (χ1n) is 7.47. The number of anilines is 1. The highest BCUT2D eigenvalue weighted by Crippen LogP contribution is 2.30. The standard InChI is InChI=1S/C16H24ClN3O2/c1-16(2,3)22-15(21)19-13-6-5-11(17)9-12(13)14-10-18-7-8-20(14)4/h5-6,9,14,18H,7-8,10H2,1-4H3,(H,19,21). The van der Waals surface area contributed by atoms with Gasteiger partial charge in [-0.1, -0.05) is 11.6 Å². The van der Waals surface area contributed by atoms with Crippen LogP contribution in [0.1, 0.15) is 32.4 Å². The quantitative estimate of drug-likeness (QED) is 0.876. The molecule has 6 heteroatoms. The Labute approximate surface area is 137 Å². The van der Waals surface area contributed by atoms with Crippen LogP contribution in [-0.4, -0.2) is 43.3 Å². The molecular weight excluding hydrogens is 302 g/mol. The van der Waals surface area contributed by atoms with Crippen LogP contribution in [-0.2, 0) is 4.74 Å². The highest BCUT2D eigenvalue weighted by atomic mass is 35.5. The molecule has 0 saturated carbocycles. The van der Waals surface area contributed by atoms with Gasteiger partial charge in [-0.3, -0.25) is 10.2 Å². The van der Waals surface area contributed by atoms with Gasteiger partial charge in [0.15, 0.2) is 0 Å². The van der Waals surface area contributed by atoms with Crippen molar-refractivity contribution in [1.29, 1.82) is 0 Å². The highest BCUT2D eigenvalue weighted by Gasteiger charge is 2.25. The number of piperazine rings is 1. The van der Waals surface area contributed by atoms with Gasteiger partial charge in [0.05, 0.1) is 0 Å². The van der Waals surface area contributed by atoms with E-state index in [1.165, 1.54) is 0 Å². The Morgan fingerprint density at radius 3 is 2.82 bits per heavy atom. The fourth-order valence-corrected chi connectivity index (χ4v) is 2.67. The summed E-state index contributed by atoms with van der Waals surface area (Å²) >= 11 is 6.14. The molecular formula is C16H24ClN3O2. The van der Waals surface area contributed by atoms with Gasteiger partial charge in [-0.15, -0.1) is 0 Å². The summed E-state index contributed by atoms with van der Waals surface area (Å²) in [6.45, 7) is 8.25. The average Bonchev–Trinajstić information content (AvgIpc) is 2.39. The molecule has 1 aromatic rings. The van der Waals surface area contributed by atoms with Gasteiger partial charge in [-0.25, -0.2) is 4.79 Å². The lowest BCUT2D eigenvalue weighted by molar-refractivity contribution is 0.0635. The number of hydrogen-bond donors (Lipinski definition) is 2. The van der Waals surface area contributed by atoms with Crippen molar-refractivity contribution in [2.24, 2.45) is 0 Å². The van der Waals surface area contributed by atoms with Crippen LogP contribution in [0.25, 0.3) is 0 Å². The number of likely N-dealkylation sites (N-methyl/N-ethyl adjacent to an activating group) is 1. The lowest BCUT2D eigenvalue weighted by atomic mass is 10.0. The molecule has 0 aliphatic carbocycles. The molecule has 1 atom stereocenters. The topological polar surface area (TPSA) is 53.6 Å². The number of ether oxygens (including phenoxy) is 1. The van der Waals surface area contributed by atoms with E-state index in [1.807, 2.05) is 32.9 Å². The number of carbonyl (C=O) groups is 1. The van der Waals surface area contributed by atoms with Gasteiger partial charge < -0.3 is 10.1 Å². The van der Waals surface area contributed by atoms with Crippen molar-refractivity contribution in [3.05, 3.63) is 28.8 Å². The van der Waals surface area contributed by atoms with E-state index >= 15 is 0 Å². The molecule has 22 heavy (non-hydrogen) atoms. The Balaban J connectivity index is 2.22. The predicted molar refractivity (Wildman–Crippen MR) is 89.5 cm³/mol. The van der Waals surface area contributed by atoms with Crippen LogP contribution in [0.3, 0.4) is 0 Å². The van der Waals surface area contributed by atoms with E-state index in [-0.39, 0.29) is 6.04 Å². The Morgan fingerprint density at radius 2 is 2.18 bits per heavy atom. The molecule has 2 rings (SSSR count).